The summed E-state index contributed by atoms with van der Waals surface area (Å²) >= 11 is 5.84. The highest BCUT2D eigenvalue weighted by Crippen LogP contribution is 2.22. The van der Waals surface area contributed by atoms with Gasteiger partial charge < -0.3 is 21.1 Å². The van der Waals surface area contributed by atoms with E-state index >= 15 is 0 Å². The van der Waals surface area contributed by atoms with Crippen LogP contribution >= 0.6 is 11.6 Å². The first-order chi connectivity index (χ1) is 10.1. The van der Waals surface area contributed by atoms with Crippen molar-refractivity contribution in [3.8, 4) is 0 Å². The minimum absolute atomic E-state index is 0.0390. The summed E-state index contributed by atoms with van der Waals surface area (Å²) in [6.07, 6.45) is 2.59. The standard InChI is InChI=1S/C15H22ClN3O2/c16-13-4-3-12(8-14(13)17)18-15(21)5-7-19-6-1-2-11(9-19)10-20/h3-4,8,11,20H,1-2,5-7,9-10,17H2,(H,18,21). The number of aliphatic hydroxyl groups excluding tert-OH is 1. The predicted molar refractivity (Wildman–Crippen MR) is 85.4 cm³/mol. The molecule has 1 atom stereocenters. The number of likely N-dealkylation sites (tertiary alicyclic amines) is 1. The highest BCUT2D eigenvalue weighted by atomic mass is 35.5. The van der Waals surface area contributed by atoms with Crippen molar-refractivity contribution < 1.29 is 9.90 Å². The van der Waals surface area contributed by atoms with Crippen LogP contribution in [0.4, 0.5) is 11.4 Å². The Morgan fingerprint density at radius 1 is 1.52 bits per heavy atom. The maximum atomic E-state index is 11.9. The van der Waals surface area contributed by atoms with Gasteiger partial charge >= 0.3 is 0 Å². The first kappa shape index (κ1) is 16.1. The largest absolute Gasteiger partial charge is 0.397 e. The van der Waals surface area contributed by atoms with Crippen LogP contribution < -0.4 is 11.1 Å². The molecule has 1 aromatic carbocycles. The molecule has 1 aliphatic rings. The zero-order valence-electron chi connectivity index (χ0n) is 12.0. The number of nitrogens with two attached hydrogens (primary N) is 1. The predicted octanol–water partition coefficient (Wildman–Crippen LogP) is 1.96. The lowest BCUT2D eigenvalue weighted by atomic mass is 9.99. The van der Waals surface area contributed by atoms with Crippen molar-refractivity contribution in [3.63, 3.8) is 0 Å². The Balaban J connectivity index is 1.78. The van der Waals surface area contributed by atoms with E-state index in [4.69, 9.17) is 17.3 Å². The van der Waals surface area contributed by atoms with Gasteiger partial charge in [0.1, 0.15) is 0 Å². The minimum Gasteiger partial charge on any atom is -0.397 e. The maximum absolute atomic E-state index is 11.9. The van der Waals surface area contributed by atoms with E-state index in [-0.39, 0.29) is 12.5 Å². The second kappa shape index (κ2) is 7.64. The molecule has 1 unspecified atom stereocenters. The van der Waals surface area contributed by atoms with Crippen molar-refractivity contribution in [3.05, 3.63) is 23.2 Å². The van der Waals surface area contributed by atoms with Crippen LogP contribution in [0, 0.1) is 5.92 Å². The van der Waals surface area contributed by atoms with Crippen molar-refractivity contribution in [1.29, 1.82) is 0 Å². The third-order valence-electron chi connectivity index (χ3n) is 3.80. The summed E-state index contributed by atoms with van der Waals surface area (Å²) in [5.74, 6) is 0.306. The molecule has 0 radical (unpaired) electrons. The fraction of sp³-hybridized carbons (Fsp3) is 0.533. The van der Waals surface area contributed by atoms with Gasteiger partial charge in [0.2, 0.25) is 5.91 Å². The van der Waals surface area contributed by atoms with Gasteiger partial charge in [0.05, 0.1) is 10.7 Å². The normalized spacial score (nSPS) is 19.4. The van der Waals surface area contributed by atoms with Gasteiger partial charge in [-0.3, -0.25) is 4.79 Å². The van der Waals surface area contributed by atoms with Crippen molar-refractivity contribution >= 4 is 28.9 Å². The zero-order chi connectivity index (χ0) is 15.2. The van der Waals surface area contributed by atoms with Crippen molar-refractivity contribution in [1.82, 2.24) is 4.90 Å². The Bertz CT molecular complexity index is 496. The fourth-order valence-electron chi connectivity index (χ4n) is 2.61. The molecule has 1 heterocycles. The number of rotatable bonds is 5. The third kappa shape index (κ3) is 4.88. The summed E-state index contributed by atoms with van der Waals surface area (Å²) in [5.41, 5.74) is 6.82. The molecular weight excluding hydrogens is 290 g/mol. The van der Waals surface area contributed by atoms with Crippen molar-refractivity contribution in [2.45, 2.75) is 19.3 Å². The van der Waals surface area contributed by atoms with Crippen LogP contribution in [0.5, 0.6) is 0 Å². The molecule has 6 heteroatoms. The van der Waals surface area contributed by atoms with E-state index in [1.807, 2.05) is 0 Å². The summed E-state index contributed by atoms with van der Waals surface area (Å²) in [6.45, 7) is 2.81. The molecule has 0 aromatic heterocycles. The first-order valence-corrected chi connectivity index (χ1v) is 7.64. The second-order valence-electron chi connectivity index (χ2n) is 5.53. The number of hydrogen-bond acceptors (Lipinski definition) is 4. The van der Waals surface area contributed by atoms with E-state index in [1.54, 1.807) is 18.2 Å². The average molecular weight is 312 g/mol. The number of halogens is 1. The van der Waals surface area contributed by atoms with Gasteiger partial charge in [-0.05, 0) is 43.5 Å². The zero-order valence-corrected chi connectivity index (χ0v) is 12.8. The quantitative estimate of drug-likeness (QED) is 0.726. The number of nitrogens with one attached hydrogen (secondary N) is 1. The molecule has 0 spiro atoms. The molecule has 1 saturated heterocycles. The second-order valence-corrected chi connectivity index (χ2v) is 5.93. The van der Waals surface area contributed by atoms with Gasteiger partial charge in [-0.2, -0.15) is 0 Å². The number of nitrogens with zero attached hydrogens (tertiary/aromatic N) is 1. The van der Waals surface area contributed by atoms with Crippen LogP contribution in [0.25, 0.3) is 0 Å². The Morgan fingerprint density at radius 3 is 3.05 bits per heavy atom. The Labute approximate surface area is 130 Å². The summed E-state index contributed by atoms with van der Waals surface area (Å²) in [6, 6.07) is 5.06. The molecular formula is C15H22ClN3O2. The summed E-state index contributed by atoms with van der Waals surface area (Å²) in [5, 5.41) is 12.5. The average Bonchev–Trinajstić information content (AvgIpc) is 2.49. The fourth-order valence-corrected chi connectivity index (χ4v) is 2.73. The van der Waals surface area contributed by atoms with E-state index in [0.29, 0.717) is 35.3 Å². The lowest BCUT2D eigenvalue weighted by molar-refractivity contribution is -0.116. The van der Waals surface area contributed by atoms with E-state index in [9.17, 15) is 9.90 Å². The highest BCUT2D eigenvalue weighted by Gasteiger charge is 2.19. The Hall–Kier alpha value is -1.30. The molecule has 116 valence electrons. The molecule has 5 nitrogen and oxygen atoms in total. The van der Waals surface area contributed by atoms with E-state index < -0.39 is 0 Å². The number of hydrogen-bond donors (Lipinski definition) is 3. The molecule has 4 N–H and O–H groups in total. The number of piperidine rings is 1. The third-order valence-corrected chi connectivity index (χ3v) is 4.14. The topological polar surface area (TPSA) is 78.6 Å². The van der Waals surface area contributed by atoms with Crippen molar-refractivity contribution in [2.24, 2.45) is 5.92 Å². The Morgan fingerprint density at radius 2 is 2.33 bits per heavy atom. The number of anilines is 2. The molecule has 1 fully saturated rings. The SMILES string of the molecule is Nc1cc(NC(=O)CCN2CCCC(CO)C2)ccc1Cl. The van der Waals surface area contributed by atoms with E-state index in [0.717, 1.165) is 25.9 Å². The van der Waals surface area contributed by atoms with Gasteiger partial charge in [0, 0.05) is 31.8 Å². The number of aliphatic hydroxyl groups is 1. The number of nitrogen functional groups attached to an aromatic ring is 1. The van der Waals surface area contributed by atoms with Crippen LogP contribution in [0.3, 0.4) is 0 Å². The Kier molecular flexibility index (Phi) is 5.85. The first-order valence-electron chi connectivity index (χ1n) is 7.26. The molecule has 0 saturated carbocycles. The number of carbonyl (C=O) groups excluding carboxylic acids is 1. The molecule has 2 rings (SSSR count). The molecule has 1 aromatic rings. The van der Waals surface area contributed by atoms with Crippen LogP contribution in [0.15, 0.2) is 18.2 Å². The molecule has 0 aliphatic carbocycles. The molecule has 21 heavy (non-hydrogen) atoms. The van der Waals surface area contributed by atoms with Gasteiger partial charge in [-0.25, -0.2) is 0 Å². The van der Waals surface area contributed by atoms with Crippen LogP contribution in [0.2, 0.25) is 5.02 Å². The monoisotopic (exact) mass is 311 g/mol. The highest BCUT2D eigenvalue weighted by molar-refractivity contribution is 6.33. The molecule has 1 aliphatic heterocycles. The smallest absolute Gasteiger partial charge is 0.225 e. The van der Waals surface area contributed by atoms with Crippen LogP contribution in [-0.2, 0) is 4.79 Å². The van der Waals surface area contributed by atoms with Crippen molar-refractivity contribution in [2.75, 3.05) is 37.3 Å². The van der Waals surface area contributed by atoms with Gasteiger partial charge in [-0.1, -0.05) is 11.6 Å². The molecule has 0 bridgehead atoms. The van der Waals surface area contributed by atoms with Gasteiger partial charge in [0.25, 0.3) is 0 Å². The molecule has 1 amide bonds. The van der Waals surface area contributed by atoms with Crippen LogP contribution in [-0.4, -0.2) is 42.2 Å². The number of carbonyl (C=O) groups is 1. The van der Waals surface area contributed by atoms with E-state index in [2.05, 4.69) is 10.2 Å². The summed E-state index contributed by atoms with van der Waals surface area (Å²) < 4.78 is 0. The summed E-state index contributed by atoms with van der Waals surface area (Å²) in [4.78, 5) is 14.2. The lowest BCUT2D eigenvalue weighted by Crippen LogP contribution is -2.38. The van der Waals surface area contributed by atoms with Gasteiger partial charge in [-0.15, -0.1) is 0 Å². The minimum atomic E-state index is -0.0390. The van der Waals surface area contributed by atoms with Crippen LogP contribution in [0.1, 0.15) is 19.3 Å². The van der Waals surface area contributed by atoms with Gasteiger partial charge in [0.15, 0.2) is 0 Å². The number of amides is 1. The maximum Gasteiger partial charge on any atom is 0.225 e. The lowest BCUT2D eigenvalue weighted by Gasteiger charge is -2.31. The number of benzene rings is 1. The summed E-state index contributed by atoms with van der Waals surface area (Å²) in [7, 11) is 0. The van der Waals surface area contributed by atoms with E-state index in [1.165, 1.54) is 0 Å².